The van der Waals surface area contributed by atoms with Gasteiger partial charge in [-0.25, -0.2) is 0 Å². The second-order valence-electron chi connectivity index (χ2n) is 6.39. The summed E-state index contributed by atoms with van der Waals surface area (Å²) < 4.78 is 0. The Balaban J connectivity index is 4.28. The summed E-state index contributed by atoms with van der Waals surface area (Å²) in [6.45, 7) is 14.0. The van der Waals surface area contributed by atoms with E-state index in [0.717, 1.165) is 19.3 Å². The predicted octanol–water partition coefficient (Wildman–Crippen LogP) is 4.49. The molecule has 0 aliphatic carbocycles. The van der Waals surface area contributed by atoms with Crippen LogP contribution in [0.2, 0.25) is 0 Å². The van der Waals surface area contributed by atoms with E-state index in [0.29, 0.717) is 11.8 Å². The zero-order valence-electron chi connectivity index (χ0n) is 13.6. The fourth-order valence-electron chi connectivity index (χ4n) is 2.66. The van der Waals surface area contributed by atoms with Crippen LogP contribution in [0.4, 0.5) is 0 Å². The molecule has 0 aliphatic rings. The number of rotatable bonds is 11. The van der Waals surface area contributed by atoms with Crippen molar-refractivity contribution in [1.82, 2.24) is 5.32 Å². The quantitative estimate of drug-likeness (QED) is 0.441. The normalized spacial score (nSPS) is 14.7. The molecule has 0 aromatic rings. The number of Topliss-reactive ketones (excluding diaryl/α,β-unsaturated/α-hetero) is 1. The van der Waals surface area contributed by atoms with Gasteiger partial charge in [0.2, 0.25) is 0 Å². The minimum atomic E-state index is -0.360. The molecule has 19 heavy (non-hydrogen) atoms. The molecule has 0 spiro atoms. The number of nitrogens with one attached hydrogen (secondary N) is 1. The van der Waals surface area contributed by atoms with Gasteiger partial charge in [-0.2, -0.15) is 0 Å². The average molecular weight is 267 g/mol. The van der Waals surface area contributed by atoms with Crippen LogP contribution in [0.1, 0.15) is 73.1 Å². The molecule has 112 valence electrons. The highest BCUT2D eigenvalue weighted by molar-refractivity contribution is 5.89. The molecule has 0 unspecified atom stereocenters. The van der Waals surface area contributed by atoms with Gasteiger partial charge in [0.15, 0.2) is 5.78 Å². The summed E-state index contributed by atoms with van der Waals surface area (Å²) >= 11 is 0. The molecule has 0 saturated carbocycles. The molecule has 0 aromatic carbocycles. The van der Waals surface area contributed by atoms with Gasteiger partial charge in [0.1, 0.15) is 0 Å². The van der Waals surface area contributed by atoms with E-state index in [4.69, 9.17) is 0 Å². The highest BCUT2D eigenvalue weighted by Gasteiger charge is 2.33. The lowest BCUT2D eigenvalue weighted by Gasteiger charge is -2.33. The van der Waals surface area contributed by atoms with Gasteiger partial charge in [-0.05, 0) is 40.0 Å². The molecule has 1 atom stereocenters. The molecule has 0 amide bonds. The zero-order valence-corrected chi connectivity index (χ0v) is 13.6. The van der Waals surface area contributed by atoms with Gasteiger partial charge < -0.3 is 5.32 Å². The first-order valence-corrected chi connectivity index (χ1v) is 7.76. The lowest BCUT2D eigenvalue weighted by Crippen LogP contribution is -2.53. The standard InChI is InChI=1S/C17H33NO/c1-7-8-9-10-11-12-13-17(6,18-15(4)5)16(19)14(2)3/h7,14-15,18H,1,8-13H2,2-6H3/t17-/m1/s1. The van der Waals surface area contributed by atoms with Crippen molar-refractivity contribution in [3.05, 3.63) is 12.7 Å². The Morgan fingerprint density at radius 1 is 1.16 bits per heavy atom. The maximum atomic E-state index is 12.4. The SMILES string of the molecule is C=CCCCCCC[C@@](C)(NC(C)C)C(=O)C(C)C. The van der Waals surface area contributed by atoms with Crippen LogP contribution in [0.5, 0.6) is 0 Å². The van der Waals surface area contributed by atoms with Gasteiger partial charge in [0, 0.05) is 12.0 Å². The Hall–Kier alpha value is -0.630. The molecule has 0 heterocycles. The Labute approximate surface area is 120 Å². The van der Waals surface area contributed by atoms with E-state index in [1.54, 1.807) is 0 Å². The second kappa shape index (κ2) is 9.30. The van der Waals surface area contributed by atoms with Crippen LogP contribution in [0.3, 0.4) is 0 Å². The van der Waals surface area contributed by atoms with Crippen LogP contribution in [-0.2, 0) is 4.79 Å². The number of unbranched alkanes of at least 4 members (excludes halogenated alkanes) is 4. The smallest absolute Gasteiger partial charge is 0.155 e. The molecule has 0 rings (SSSR count). The summed E-state index contributed by atoms with van der Waals surface area (Å²) in [7, 11) is 0. The van der Waals surface area contributed by atoms with Crippen LogP contribution in [0, 0.1) is 5.92 Å². The van der Waals surface area contributed by atoms with Crippen LogP contribution in [0.15, 0.2) is 12.7 Å². The molecule has 0 aliphatic heterocycles. The Kier molecular flexibility index (Phi) is 8.99. The summed E-state index contributed by atoms with van der Waals surface area (Å²) in [5.74, 6) is 0.435. The summed E-state index contributed by atoms with van der Waals surface area (Å²) in [6, 6.07) is 0.341. The fraction of sp³-hybridized carbons (Fsp3) is 0.824. The first-order valence-electron chi connectivity index (χ1n) is 7.76. The van der Waals surface area contributed by atoms with Gasteiger partial charge in [0.25, 0.3) is 0 Å². The predicted molar refractivity (Wildman–Crippen MR) is 84.4 cm³/mol. The van der Waals surface area contributed by atoms with Crippen molar-refractivity contribution < 1.29 is 4.79 Å². The molecular weight excluding hydrogens is 234 g/mol. The molecule has 1 N–H and O–H groups in total. The number of allylic oxidation sites excluding steroid dienone is 1. The number of carbonyl (C=O) groups is 1. The third kappa shape index (κ3) is 7.51. The van der Waals surface area contributed by atoms with Gasteiger partial charge in [-0.3, -0.25) is 4.79 Å². The lowest BCUT2D eigenvalue weighted by atomic mass is 9.83. The highest BCUT2D eigenvalue weighted by atomic mass is 16.1. The van der Waals surface area contributed by atoms with Gasteiger partial charge in [0.05, 0.1) is 5.54 Å². The second-order valence-corrected chi connectivity index (χ2v) is 6.39. The van der Waals surface area contributed by atoms with Crippen molar-refractivity contribution >= 4 is 5.78 Å². The first kappa shape index (κ1) is 18.4. The largest absolute Gasteiger partial charge is 0.303 e. The number of ketones is 1. The number of hydrogen-bond donors (Lipinski definition) is 1. The molecule has 2 heteroatoms. The van der Waals surface area contributed by atoms with E-state index >= 15 is 0 Å². The van der Waals surface area contributed by atoms with Gasteiger partial charge >= 0.3 is 0 Å². The molecular formula is C17H33NO. The van der Waals surface area contributed by atoms with Crippen LogP contribution in [0.25, 0.3) is 0 Å². The first-order chi connectivity index (χ1) is 8.83. The summed E-state index contributed by atoms with van der Waals surface area (Å²) in [6.07, 6.45) is 8.80. The molecule has 0 aromatic heterocycles. The van der Waals surface area contributed by atoms with E-state index in [1.165, 1.54) is 19.3 Å². The van der Waals surface area contributed by atoms with E-state index in [1.807, 2.05) is 19.9 Å². The van der Waals surface area contributed by atoms with Crippen molar-refractivity contribution in [2.45, 2.75) is 84.7 Å². The Morgan fingerprint density at radius 2 is 1.74 bits per heavy atom. The molecule has 0 saturated heterocycles. The maximum Gasteiger partial charge on any atom is 0.155 e. The summed E-state index contributed by atoms with van der Waals surface area (Å²) in [5, 5.41) is 3.47. The van der Waals surface area contributed by atoms with Crippen LogP contribution in [-0.4, -0.2) is 17.4 Å². The van der Waals surface area contributed by atoms with Gasteiger partial charge in [-0.15, -0.1) is 6.58 Å². The third-order valence-electron chi connectivity index (χ3n) is 3.51. The van der Waals surface area contributed by atoms with Crippen molar-refractivity contribution in [2.75, 3.05) is 0 Å². The molecule has 0 fully saturated rings. The Morgan fingerprint density at radius 3 is 2.21 bits per heavy atom. The minimum absolute atomic E-state index is 0.0945. The van der Waals surface area contributed by atoms with Crippen molar-refractivity contribution in [3.63, 3.8) is 0 Å². The van der Waals surface area contributed by atoms with Gasteiger partial charge in [-0.1, -0.05) is 39.2 Å². The van der Waals surface area contributed by atoms with Crippen molar-refractivity contribution in [3.8, 4) is 0 Å². The number of carbonyl (C=O) groups excluding carboxylic acids is 1. The van der Waals surface area contributed by atoms with Crippen LogP contribution >= 0.6 is 0 Å². The van der Waals surface area contributed by atoms with E-state index in [9.17, 15) is 4.79 Å². The molecule has 2 nitrogen and oxygen atoms in total. The average Bonchev–Trinajstić information content (AvgIpc) is 2.31. The lowest BCUT2D eigenvalue weighted by molar-refractivity contribution is -0.128. The maximum absolute atomic E-state index is 12.4. The highest BCUT2D eigenvalue weighted by Crippen LogP contribution is 2.21. The third-order valence-corrected chi connectivity index (χ3v) is 3.51. The summed E-state index contributed by atoms with van der Waals surface area (Å²) in [4.78, 5) is 12.4. The van der Waals surface area contributed by atoms with Crippen LogP contribution < -0.4 is 5.32 Å². The Bertz CT molecular complexity index is 270. The topological polar surface area (TPSA) is 29.1 Å². The van der Waals surface area contributed by atoms with E-state index in [2.05, 4.69) is 32.7 Å². The van der Waals surface area contributed by atoms with Crippen molar-refractivity contribution in [1.29, 1.82) is 0 Å². The molecule has 0 radical (unpaired) electrons. The molecule has 0 bridgehead atoms. The van der Waals surface area contributed by atoms with E-state index < -0.39 is 0 Å². The fourth-order valence-corrected chi connectivity index (χ4v) is 2.66. The summed E-state index contributed by atoms with van der Waals surface area (Å²) in [5.41, 5.74) is -0.360. The zero-order chi connectivity index (χ0) is 14.9. The number of hydrogen-bond acceptors (Lipinski definition) is 2. The minimum Gasteiger partial charge on any atom is -0.303 e. The van der Waals surface area contributed by atoms with Crippen molar-refractivity contribution in [2.24, 2.45) is 5.92 Å². The monoisotopic (exact) mass is 267 g/mol. The van der Waals surface area contributed by atoms with E-state index in [-0.39, 0.29) is 11.5 Å².